The van der Waals surface area contributed by atoms with Crippen molar-refractivity contribution in [2.45, 2.75) is 51.2 Å². The van der Waals surface area contributed by atoms with Gasteiger partial charge in [0.25, 0.3) is 0 Å². The largest absolute Gasteiger partial charge is 0.391 e. The zero-order valence-corrected chi connectivity index (χ0v) is 11.5. The number of rotatable bonds is 5. The summed E-state index contributed by atoms with van der Waals surface area (Å²) in [5.74, 6) is 0. The molecule has 3 nitrogen and oxygen atoms in total. The van der Waals surface area contributed by atoms with E-state index in [1.54, 1.807) is 12.4 Å². The molecule has 1 aromatic rings. The van der Waals surface area contributed by atoms with Gasteiger partial charge in [-0.2, -0.15) is 0 Å². The van der Waals surface area contributed by atoms with E-state index in [9.17, 15) is 5.11 Å². The average Bonchev–Trinajstić information content (AvgIpc) is 2.93. The van der Waals surface area contributed by atoms with Crippen molar-refractivity contribution in [1.29, 1.82) is 0 Å². The lowest BCUT2D eigenvalue weighted by Gasteiger charge is -2.42. The second-order valence-electron chi connectivity index (χ2n) is 5.48. The Bertz CT molecular complexity index is 362. The summed E-state index contributed by atoms with van der Waals surface area (Å²) in [6, 6.07) is 3.98. The molecule has 1 aliphatic heterocycles. The molecule has 2 heterocycles. The second kappa shape index (κ2) is 5.81. The van der Waals surface area contributed by atoms with E-state index in [2.05, 4.69) is 23.7 Å². The molecule has 0 saturated carbocycles. The van der Waals surface area contributed by atoms with Crippen LogP contribution >= 0.6 is 0 Å². The number of likely N-dealkylation sites (tertiary alicyclic amines) is 1. The van der Waals surface area contributed by atoms with E-state index in [0.29, 0.717) is 6.42 Å². The number of nitrogens with zero attached hydrogens (tertiary/aromatic N) is 2. The van der Waals surface area contributed by atoms with Crippen LogP contribution in [0.5, 0.6) is 0 Å². The number of hydrogen-bond acceptors (Lipinski definition) is 3. The van der Waals surface area contributed by atoms with Crippen LogP contribution in [0.1, 0.15) is 38.7 Å². The molecule has 1 N–H and O–H groups in total. The number of hydrogen-bond donors (Lipinski definition) is 1. The molecular formula is C15H24N2O. The molecule has 1 saturated heterocycles. The third-order valence-electron chi connectivity index (χ3n) is 4.44. The summed E-state index contributed by atoms with van der Waals surface area (Å²) in [4.78, 5) is 6.48. The van der Waals surface area contributed by atoms with Crippen molar-refractivity contribution in [3.05, 3.63) is 30.1 Å². The molecule has 0 radical (unpaired) electrons. The Morgan fingerprint density at radius 2 is 1.94 bits per heavy atom. The van der Waals surface area contributed by atoms with Gasteiger partial charge in [-0.25, -0.2) is 0 Å². The van der Waals surface area contributed by atoms with E-state index in [1.165, 1.54) is 12.8 Å². The molecule has 2 unspecified atom stereocenters. The molecule has 0 bridgehead atoms. The molecular weight excluding hydrogens is 224 g/mol. The minimum absolute atomic E-state index is 0.0975. The van der Waals surface area contributed by atoms with Gasteiger partial charge in [0.1, 0.15) is 0 Å². The third kappa shape index (κ3) is 2.73. The highest BCUT2D eigenvalue weighted by molar-refractivity contribution is 5.13. The molecule has 0 amide bonds. The third-order valence-corrected chi connectivity index (χ3v) is 4.44. The Labute approximate surface area is 110 Å². The maximum atomic E-state index is 10.6. The quantitative estimate of drug-likeness (QED) is 0.868. The monoisotopic (exact) mass is 248 g/mol. The van der Waals surface area contributed by atoms with Gasteiger partial charge in [-0.05, 0) is 57.0 Å². The van der Waals surface area contributed by atoms with E-state index in [0.717, 1.165) is 25.1 Å². The maximum absolute atomic E-state index is 10.6. The smallest absolute Gasteiger partial charge is 0.0761 e. The molecule has 3 heteroatoms. The number of aliphatic hydroxyl groups excluding tert-OH is 1. The van der Waals surface area contributed by atoms with Crippen LogP contribution < -0.4 is 0 Å². The van der Waals surface area contributed by atoms with Gasteiger partial charge in [-0.1, -0.05) is 6.92 Å². The summed E-state index contributed by atoms with van der Waals surface area (Å²) < 4.78 is 0. The highest BCUT2D eigenvalue weighted by Gasteiger charge is 2.38. The molecule has 100 valence electrons. The van der Waals surface area contributed by atoms with Crippen molar-refractivity contribution in [1.82, 2.24) is 9.88 Å². The van der Waals surface area contributed by atoms with Crippen LogP contribution in [-0.2, 0) is 6.42 Å². The average molecular weight is 248 g/mol. The van der Waals surface area contributed by atoms with E-state index in [1.807, 2.05) is 12.1 Å². The van der Waals surface area contributed by atoms with Crippen LogP contribution in [0.3, 0.4) is 0 Å². The zero-order chi connectivity index (χ0) is 13.0. The lowest BCUT2D eigenvalue weighted by atomic mass is 9.86. The van der Waals surface area contributed by atoms with Crippen LogP contribution in [-0.4, -0.2) is 39.7 Å². The molecule has 18 heavy (non-hydrogen) atoms. The van der Waals surface area contributed by atoms with Gasteiger partial charge < -0.3 is 5.11 Å². The molecule has 1 aliphatic rings. The van der Waals surface area contributed by atoms with E-state index in [4.69, 9.17) is 0 Å². The maximum Gasteiger partial charge on any atom is 0.0761 e. The highest BCUT2D eigenvalue weighted by Crippen LogP contribution is 2.29. The first-order valence-corrected chi connectivity index (χ1v) is 6.99. The van der Waals surface area contributed by atoms with Gasteiger partial charge in [0, 0.05) is 24.4 Å². The van der Waals surface area contributed by atoms with Crippen LogP contribution in [0.2, 0.25) is 0 Å². The Balaban J connectivity index is 2.07. The predicted molar refractivity (Wildman–Crippen MR) is 73.5 cm³/mol. The van der Waals surface area contributed by atoms with Crippen LogP contribution in [0.25, 0.3) is 0 Å². The zero-order valence-electron chi connectivity index (χ0n) is 11.5. The Hall–Kier alpha value is -0.930. The van der Waals surface area contributed by atoms with Crippen LogP contribution in [0.15, 0.2) is 24.5 Å². The minimum Gasteiger partial charge on any atom is -0.391 e. The van der Waals surface area contributed by atoms with Gasteiger partial charge in [-0.15, -0.1) is 0 Å². The SMILES string of the molecule is CCC(C)(C(O)Cc1ccncc1)N1CCCC1. The lowest BCUT2D eigenvalue weighted by molar-refractivity contribution is -0.0117. The van der Waals surface area contributed by atoms with Gasteiger partial charge in [0.15, 0.2) is 0 Å². The van der Waals surface area contributed by atoms with E-state index in [-0.39, 0.29) is 11.6 Å². The summed E-state index contributed by atoms with van der Waals surface area (Å²) >= 11 is 0. The summed E-state index contributed by atoms with van der Waals surface area (Å²) in [5.41, 5.74) is 1.07. The van der Waals surface area contributed by atoms with Crippen molar-refractivity contribution in [3.8, 4) is 0 Å². The van der Waals surface area contributed by atoms with Gasteiger partial charge in [0.05, 0.1) is 6.10 Å². The fourth-order valence-electron chi connectivity index (χ4n) is 2.86. The Morgan fingerprint density at radius 1 is 1.33 bits per heavy atom. The molecule has 2 atom stereocenters. The van der Waals surface area contributed by atoms with E-state index >= 15 is 0 Å². The number of aromatic nitrogens is 1. The first kappa shape index (κ1) is 13.5. The van der Waals surface area contributed by atoms with Gasteiger partial charge in [-0.3, -0.25) is 9.88 Å². The summed E-state index contributed by atoms with van der Waals surface area (Å²) in [5, 5.41) is 10.6. The van der Waals surface area contributed by atoms with Gasteiger partial charge >= 0.3 is 0 Å². The number of aliphatic hydroxyl groups is 1. The lowest BCUT2D eigenvalue weighted by Crippen LogP contribution is -2.53. The number of pyridine rings is 1. The Kier molecular flexibility index (Phi) is 4.36. The van der Waals surface area contributed by atoms with Crippen molar-refractivity contribution >= 4 is 0 Å². The predicted octanol–water partition coefficient (Wildman–Crippen LogP) is 2.25. The summed E-state index contributed by atoms with van der Waals surface area (Å²) in [7, 11) is 0. The Morgan fingerprint density at radius 3 is 2.50 bits per heavy atom. The molecule has 2 rings (SSSR count). The normalized spacial score (nSPS) is 21.7. The summed E-state index contributed by atoms with van der Waals surface area (Å²) in [6.07, 6.45) is 7.49. The topological polar surface area (TPSA) is 36.4 Å². The van der Waals surface area contributed by atoms with Crippen LogP contribution in [0.4, 0.5) is 0 Å². The molecule has 1 aromatic heterocycles. The van der Waals surface area contributed by atoms with Crippen LogP contribution in [0, 0.1) is 0 Å². The molecule has 0 aromatic carbocycles. The fraction of sp³-hybridized carbons (Fsp3) is 0.667. The standard InChI is InChI=1S/C15H24N2O/c1-3-15(2,17-10-4-5-11-17)14(18)12-13-6-8-16-9-7-13/h6-9,14,18H,3-5,10-12H2,1-2H3. The second-order valence-corrected chi connectivity index (χ2v) is 5.48. The van der Waals surface area contributed by atoms with Gasteiger partial charge in [0.2, 0.25) is 0 Å². The molecule has 1 fully saturated rings. The molecule has 0 spiro atoms. The van der Waals surface area contributed by atoms with E-state index < -0.39 is 0 Å². The highest BCUT2D eigenvalue weighted by atomic mass is 16.3. The van der Waals surface area contributed by atoms with Crippen molar-refractivity contribution in [3.63, 3.8) is 0 Å². The fourth-order valence-corrected chi connectivity index (χ4v) is 2.86. The van der Waals surface area contributed by atoms with Crippen molar-refractivity contribution in [2.75, 3.05) is 13.1 Å². The first-order chi connectivity index (χ1) is 8.66. The molecule has 0 aliphatic carbocycles. The van der Waals surface area contributed by atoms with Crippen molar-refractivity contribution < 1.29 is 5.11 Å². The van der Waals surface area contributed by atoms with Crippen molar-refractivity contribution in [2.24, 2.45) is 0 Å². The minimum atomic E-state index is -0.317. The summed E-state index contributed by atoms with van der Waals surface area (Å²) in [6.45, 7) is 6.62. The first-order valence-electron chi connectivity index (χ1n) is 6.99.